The molecular weight excluding hydrogens is 726 g/mol. The van der Waals surface area contributed by atoms with Gasteiger partial charge in [-0.1, -0.05) is 89.3 Å². The molecule has 258 valence electrons. The van der Waals surface area contributed by atoms with Crippen LogP contribution in [0.3, 0.4) is 0 Å². The van der Waals surface area contributed by atoms with Crippen molar-refractivity contribution in [1.29, 1.82) is 0 Å². The normalized spacial score (nSPS) is 14.1. The molecule has 0 heterocycles. The van der Waals surface area contributed by atoms with Gasteiger partial charge in [0.1, 0.15) is 18.3 Å². The summed E-state index contributed by atoms with van der Waals surface area (Å²) in [6.07, 6.45) is 5.23. The van der Waals surface area contributed by atoms with Crippen molar-refractivity contribution in [2.45, 2.75) is 69.0 Å². The summed E-state index contributed by atoms with van der Waals surface area (Å²) in [5.41, 5.74) is 1.95. The number of nitrogens with one attached hydrogen (secondary N) is 1. The summed E-state index contributed by atoms with van der Waals surface area (Å²) in [4.78, 5) is 30.5. The van der Waals surface area contributed by atoms with Crippen LogP contribution >= 0.6 is 27.5 Å². The molecule has 0 saturated heterocycles. The number of ether oxygens (including phenoxy) is 1. The van der Waals surface area contributed by atoms with Gasteiger partial charge in [-0.25, -0.2) is 8.42 Å². The molecule has 2 amide bonds. The first kappa shape index (κ1) is 36.4. The molecule has 1 aliphatic rings. The van der Waals surface area contributed by atoms with Crippen LogP contribution in [-0.4, -0.2) is 50.4 Å². The van der Waals surface area contributed by atoms with E-state index in [2.05, 4.69) is 21.2 Å². The largest absolute Gasteiger partial charge is 0.494 e. The molecule has 1 N–H and O–H groups in total. The van der Waals surface area contributed by atoms with Crippen LogP contribution in [0.5, 0.6) is 5.75 Å². The lowest BCUT2D eigenvalue weighted by Gasteiger charge is -2.35. The van der Waals surface area contributed by atoms with Gasteiger partial charge in [0.25, 0.3) is 10.0 Å². The molecule has 4 aromatic rings. The summed E-state index contributed by atoms with van der Waals surface area (Å²) in [6, 6.07) is 28.6. The zero-order valence-electron chi connectivity index (χ0n) is 27.4. The van der Waals surface area contributed by atoms with E-state index in [0.29, 0.717) is 17.4 Å². The molecule has 5 rings (SSSR count). The quantitative estimate of drug-likeness (QED) is 0.142. The van der Waals surface area contributed by atoms with Crippen molar-refractivity contribution in [2.24, 2.45) is 0 Å². The molecule has 49 heavy (non-hydrogen) atoms. The maximum Gasteiger partial charge on any atom is 0.264 e. The van der Waals surface area contributed by atoms with Gasteiger partial charge in [0.05, 0.1) is 17.2 Å². The molecule has 0 radical (unpaired) electrons. The van der Waals surface area contributed by atoms with E-state index in [1.54, 1.807) is 24.3 Å². The van der Waals surface area contributed by atoms with Gasteiger partial charge < -0.3 is 15.0 Å². The minimum atomic E-state index is -4.25. The number of carbonyl (C=O) groups excluding carboxylic acids is 2. The average Bonchev–Trinajstić information content (AvgIpc) is 3.10. The number of hydrogen-bond acceptors (Lipinski definition) is 5. The van der Waals surface area contributed by atoms with E-state index in [4.69, 9.17) is 16.3 Å². The second-order valence-electron chi connectivity index (χ2n) is 12.1. The molecule has 11 heteroatoms. The van der Waals surface area contributed by atoms with Crippen molar-refractivity contribution in [3.63, 3.8) is 0 Å². The molecule has 0 unspecified atom stereocenters. The van der Waals surface area contributed by atoms with Crippen molar-refractivity contribution >= 4 is 55.1 Å². The van der Waals surface area contributed by atoms with E-state index in [0.717, 1.165) is 52.0 Å². The number of carbonyl (C=O) groups is 2. The highest BCUT2D eigenvalue weighted by atomic mass is 79.9. The topological polar surface area (TPSA) is 96.0 Å². The molecule has 1 fully saturated rings. The van der Waals surface area contributed by atoms with Crippen molar-refractivity contribution in [1.82, 2.24) is 10.2 Å². The highest BCUT2D eigenvalue weighted by Gasteiger charge is 2.35. The summed E-state index contributed by atoms with van der Waals surface area (Å²) in [6.45, 7) is 1.85. The lowest BCUT2D eigenvalue weighted by molar-refractivity contribution is -0.140. The lowest BCUT2D eigenvalue weighted by atomic mass is 9.94. The second kappa shape index (κ2) is 17.2. The van der Waals surface area contributed by atoms with Crippen LogP contribution in [0.4, 0.5) is 5.69 Å². The fraction of sp³-hybridized carbons (Fsp3) is 0.316. The number of hydrogen-bond donors (Lipinski definition) is 1. The van der Waals surface area contributed by atoms with Crippen LogP contribution in [0, 0.1) is 0 Å². The van der Waals surface area contributed by atoms with E-state index in [1.807, 2.05) is 61.5 Å². The van der Waals surface area contributed by atoms with Gasteiger partial charge in [0.15, 0.2) is 0 Å². The fourth-order valence-electron chi connectivity index (χ4n) is 6.07. The minimum Gasteiger partial charge on any atom is -0.494 e. The first-order chi connectivity index (χ1) is 23.6. The monoisotopic (exact) mass is 765 g/mol. The van der Waals surface area contributed by atoms with Crippen molar-refractivity contribution in [3.8, 4) is 5.75 Å². The zero-order chi connectivity index (χ0) is 34.8. The smallest absolute Gasteiger partial charge is 0.264 e. The molecule has 4 aromatic carbocycles. The first-order valence-corrected chi connectivity index (χ1v) is 19.1. The Labute approximate surface area is 302 Å². The third kappa shape index (κ3) is 9.86. The van der Waals surface area contributed by atoms with Gasteiger partial charge in [0, 0.05) is 28.5 Å². The second-order valence-corrected chi connectivity index (χ2v) is 15.3. The minimum absolute atomic E-state index is 0.0204. The molecular formula is C38H41BrClN3O5S. The maximum absolute atomic E-state index is 14.7. The number of benzene rings is 4. The number of sulfonamides is 1. The average molecular weight is 767 g/mol. The summed E-state index contributed by atoms with van der Waals surface area (Å²) >= 11 is 9.63. The molecule has 1 saturated carbocycles. The Morgan fingerprint density at radius 2 is 1.57 bits per heavy atom. The van der Waals surface area contributed by atoms with Crippen LogP contribution in [0.1, 0.15) is 50.2 Å². The number of halogens is 2. The molecule has 1 atom stereocenters. The van der Waals surface area contributed by atoms with Crippen molar-refractivity contribution in [2.75, 3.05) is 17.5 Å². The van der Waals surface area contributed by atoms with E-state index >= 15 is 0 Å². The number of rotatable bonds is 14. The lowest BCUT2D eigenvalue weighted by Crippen LogP contribution is -2.55. The summed E-state index contributed by atoms with van der Waals surface area (Å²) in [5, 5.41) is 3.62. The Bertz CT molecular complexity index is 1800. The standard InChI is InChI=1S/C38H41BrClN3O5S/c1-2-48-34-20-18-33(19-21-34)43(49(46,47)35-22-16-31(40)17-23-35)27-37(44)42(26-29-12-9-13-30(39)24-29)36(25-28-10-5-3-6-11-28)38(45)41-32-14-7-4-8-15-32/h3,5-6,9-13,16-24,32,36H,2,4,7-8,14-15,25-27H2,1H3,(H,41,45)/t36-/m0/s1. The Kier molecular flexibility index (Phi) is 12.8. The van der Waals surface area contributed by atoms with Gasteiger partial charge in [0.2, 0.25) is 11.8 Å². The van der Waals surface area contributed by atoms with Crippen molar-refractivity contribution < 1.29 is 22.7 Å². The van der Waals surface area contributed by atoms with E-state index in [-0.39, 0.29) is 35.5 Å². The highest BCUT2D eigenvalue weighted by Crippen LogP contribution is 2.28. The molecule has 0 spiro atoms. The van der Waals surface area contributed by atoms with Crippen LogP contribution in [0.25, 0.3) is 0 Å². The number of amides is 2. The Balaban J connectivity index is 1.56. The van der Waals surface area contributed by atoms with Crippen LogP contribution < -0.4 is 14.4 Å². The molecule has 1 aliphatic carbocycles. The molecule has 8 nitrogen and oxygen atoms in total. The Hall–Kier alpha value is -3.86. The SMILES string of the molecule is CCOc1ccc(N(CC(=O)N(Cc2cccc(Br)c2)[C@@H](Cc2ccccc2)C(=O)NC2CCCCC2)S(=O)(=O)c2ccc(Cl)cc2)cc1. The summed E-state index contributed by atoms with van der Waals surface area (Å²) in [5.74, 6) is -0.210. The molecule has 0 aromatic heterocycles. The Morgan fingerprint density at radius 3 is 2.22 bits per heavy atom. The van der Waals surface area contributed by atoms with Gasteiger partial charge >= 0.3 is 0 Å². The van der Waals surface area contributed by atoms with Gasteiger partial charge in [-0.05, 0) is 91.6 Å². The zero-order valence-corrected chi connectivity index (χ0v) is 30.6. The summed E-state index contributed by atoms with van der Waals surface area (Å²) < 4.78 is 36.0. The van der Waals surface area contributed by atoms with Crippen LogP contribution in [0.15, 0.2) is 112 Å². The van der Waals surface area contributed by atoms with Crippen LogP contribution in [-0.2, 0) is 32.6 Å². The predicted molar refractivity (Wildman–Crippen MR) is 197 cm³/mol. The third-order valence-electron chi connectivity index (χ3n) is 8.58. The highest BCUT2D eigenvalue weighted by molar-refractivity contribution is 9.10. The van der Waals surface area contributed by atoms with Gasteiger partial charge in [-0.2, -0.15) is 0 Å². The number of anilines is 1. The predicted octanol–water partition coefficient (Wildman–Crippen LogP) is 7.79. The first-order valence-electron chi connectivity index (χ1n) is 16.5. The van der Waals surface area contributed by atoms with E-state index in [1.165, 1.54) is 29.2 Å². The number of nitrogens with zero attached hydrogens (tertiary/aromatic N) is 2. The van der Waals surface area contributed by atoms with Crippen LogP contribution in [0.2, 0.25) is 5.02 Å². The van der Waals surface area contributed by atoms with Crippen molar-refractivity contribution in [3.05, 3.63) is 124 Å². The van der Waals surface area contributed by atoms with E-state index < -0.39 is 28.5 Å². The molecule has 0 bridgehead atoms. The fourth-order valence-corrected chi connectivity index (χ4v) is 8.05. The van der Waals surface area contributed by atoms with E-state index in [9.17, 15) is 18.0 Å². The molecule has 0 aliphatic heterocycles. The third-order valence-corrected chi connectivity index (χ3v) is 11.1. The van der Waals surface area contributed by atoms with Gasteiger partial charge in [-0.3, -0.25) is 13.9 Å². The maximum atomic E-state index is 14.7. The Morgan fingerprint density at radius 1 is 0.898 bits per heavy atom. The van der Waals surface area contributed by atoms with Gasteiger partial charge in [-0.15, -0.1) is 0 Å². The summed E-state index contributed by atoms with van der Waals surface area (Å²) in [7, 11) is -4.25.